The van der Waals surface area contributed by atoms with Gasteiger partial charge in [-0.15, -0.1) is 11.3 Å². The molecule has 0 N–H and O–H groups in total. The minimum Gasteiger partial charge on any atom is -0.456 e. The maximum atomic E-state index is 6.60. The quantitative estimate of drug-likeness (QED) is 0.177. The van der Waals surface area contributed by atoms with Crippen LogP contribution < -0.4 is 4.90 Å². The number of para-hydroxylation sites is 2. The van der Waals surface area contributed by atoms with Crippen molar-refractivity contribution in [1.29, 1.82) is 0 Å². The van der Waals surface area contributed by atoms with E-state index in [4.69, 9.17) is 18.2 Å². The summed E-state index contributed by atoms with van der Waals surface area (Å²) in [6.07, 6.45) is 0. The van der Waals surface area contributed by atoms with Crippen LogP contribution in [0.2, 0.25) is 0 Å². The monoisotopic (exact) mass is 724 g/mol. The second kappa shape index (κ2) is 11.7. The van der Waals surface area contributed by atoms with Gasteiger partial charge in [0.15, 0.2) is 5.58 Å². The van der Waals surface area contributed by atoms with Crippen LogP contribution in [0.15, 0.2) is 183 Å². The van der Waals surface area contributed by atoms with Crippen molar-refractivity contribution in [2.75, 3.05) is 4.90 Å². The number of hydrogen-bond donors (Lipinski definition) is 0. The van der Waals surface area contributed by atoms with E-state index in [2.05, 4.69) is 120 Å². The van der Waals surface area contributed by atoms with Crippen molar-refractivity contribution in [3.63, 3.8) is 0 Å². The van der Waals surface area contributed by atoms with Crippen LogP contribution in [0.25, 0.3) is 97.7 Å². The number of aromatic nitrogens is 1. The molecule has 0 amide bonds. The van der Waals surface area contributed by atoms with Crippen LogP contribution in [-0.2, 0) is 0 Å². The highest BCUT2D eigenvalue weighted by atomic mass is 32.1. The highest BCUT2D eigenvalue weighted by Crippen LogP contribution is 2.44. The normalized spacial score (nSPS) is 12.0. The molecule has 0 saturated carbocycles. The molecule has 12 rings (SSSR count). The summed E-state index contributed by atoms with van der Waals surface area (Å²) in [6, 6.07) is 59.2. The number of rotatable bonds is 5. The van der Waals surface area contributed by atoms with Crippen molar-refractivity contribution in [2.45, 2.75) is 0 Å². The van der Waals surface area contributed by atoms with Gasteiger partial charge in [0.1, 0.15) is 27.8 Å². The predicted molar refractivity (Wildman–Crippen MR) is 227 cm³/mol. The Bertz CT molecular complexity index is 3440. The van der Waals surface area contributed by atoms with Crippen LogP contribution in [0.4, 0.5) is 17.1 Å². The highest BCUT2D eigenvalue weighted by molar-refractivity contribution is 7.25. The first-order chi connectivity index (χ1) is 27.2. The molecule has 0 bridgehead atoms. The van der Waals surface area contributed by atoms with Crippen LogP contribution in [0.1, 0.15) is 0 Å². The van der Waals surface area contributed by atoms with E-state index >= 15 is 0 Å². The second-order valence-corrected chi connectivity index (χ2v) is 15.0. The molecule has 0 spiro atoms. The van der Waals surface area contributed by atoms with Gasteiger partial charge in [0.05, 0.1) is 5.39 Å². The van der Waals surface area contributed by atoms with E-state index in [0.29, 0.717) is 5.89 Å². The van der Waals surface area contributed by atoms with Crippen LogP contribution in [0.3, 0.4) is 0 Å². The second-order valence-electron chi connectivity index (χ2n) is 13.9. The SMILES string of the molecule is c1ccc(-c2nc3ccc4oc5c(-c6ccc(N(c7ccc8c(c7)oc7ccccc78)c7ccc8sc9ccccc9c8c7)cc6)cccc5c4c3o2)cc1. The van der Waals surface area contributed by atoms with E-state index < -0.39 is 0 Å². The third kappa shape index (κ3) is 4.68. The lowest BCUT2D eigenvalue weighted by Gasteiger charge is -2.26. The number of benzene rings is 8. The Morgan fingerprint density at radius 1 is 0.418 bits per heavy atom. The van der Waals surface area contributed by atoms with E-state index in [0.717, 1.165) is 88.7 Å². The van der Waals surface area contributed by atoms with Crippen molar-refractivity contribution < 1.29 is 13.3 Å². The average molecular weight is 725 g/mol. The molecule has 258 valence electrons. The highest BCUT2D eigenvalue weighted by Gasteiger charge is 2.21. The summed E-state index contributed by atoms with van der Waals surface area (Å²) in [7, 11) is 0. The number of anilines is 3. The molecule has 55 heavy (non-hydrogen) atoms. The largest absolute Gasteiger partial charge is 0.456 e. The van der Waals surface area contributed by atoms with Gasteiger partial charge in [0.2, 0.25) is 5.89 Å². The van der Waals surface area contributed by atoms with Gasteiger partial charge in [0.25, 0.3) is 0 Å². The summed E-state index contributed by atoms with van der Waals surface area (Å²) in [5, 5.41) is 6.67. The molecule has 12 aromatic rings. The fraction of sp³-hybridized carbons (Fsp3) is 0. The summed E-state index contributed by atoms with van der Waals surface area (Å²) >= 11 is 1.83. The molecule has 6 heteroatoms. The van der Waals surface area contributed by atoms with Crippen LogP contribution in [0, 0.1) is 0 Å². The third-order valence-corrected chi connectivity index (χ3v) is 11.9. The Morgan fingerprint density at radius 3 is 2.05 bits per heavy atom. The number of hydrogen-bond acceptors (Lipinski definition) is 6. The molecule has 0 aliphatic rings. The van der Waals surface area contributed by atoms with Crippen molar-refractivity contribution in [3.05, 3.63) is 170 Å². The fourth-order valence-electron chi connectivity index (χ4n) is 8.14. The lowest BCUT2D eigenvalue weighted by atomic mass is 10.0. The Kier molecular flexibility index (Phi) is 6.44. The molecule has 8 aromatic carbocycles. The first-order valence-corrected chi connectivity index (χ1v) is 19.1. The number of thiophene rings is 1. The number of fused-ring (bicyclic) bond motifs is 11. The molecule has 0 aliphatic carbocycles. The van der Waals surface area contributed by atoms with Gasteiger partial charge in [-0.25, -0.2) is 4.98 Å². The van der Waals surface area contributed by atoms with E-state index in [1.165, 1.54) is 20.2 Å². The summed E-state index contributed by atoms with van der Waals surface area (Å²) in [4.78, 5) is 7.13. The van der Waals surface area contributed by atoms with Crippen LogP contribution in [0.5, 0.6) is 0 Å². The van der Waals surface area contributed by atoms with E-state index in [-0.39, 0.29) is 0 Å². The predicted octanol–water partition coefficient (Wildman–Crippen LogP) is 14.8. The lowest BCUT2D eigenvalue weighted by Crippen LogP contribution is -2.09. The van der Waals surface area contributed by atoms with E-state index in [9.17, 15) is 0 Å². The molecule has 0 aliphatic heterocycles. The Labute approximate surface area is 317 Å². The zero-order chi connectivity index (χ0) is 36.0. The molecule has 5 nitrogen and oxygen atoms in total. The molecule has 0 atom stereocenters. The van der Waals surface area contributed by atoms with Crippen LogP contribution >= 0.6 is 11.3 Å². The third-order valence-electron chi connectivity index (χ3n) is 10.7. The van der Waals surface area contributed by atoms with E-state index in [1.54, 1.807) is 0 Å². The van der Waals surface area contributed by atoms with E-state index in [1.807, 2.05) is 65.9 Å². The van der Waals surface area contributed by atoms with Crippen LogP contribution in [-0.4, -0.2) is 4.98 Å². The molecular weight excluding hydrogens is 697 g/mol. The number of nitrogens with zero attached hydrogens (tertiary/aromatic N) is 2. The van der Waals surface area contributed by atoms with Crippen molar-refractivity contribution in [1.82, 2.24) is 4.98 Å². The topological polar surface area (TPSA) is 55.6 Å². The van der Waals surface area contributed by atoms with Gasteiger partial charge in [-0.2, -0.15) is 0 Å². The van der Waals surface area contributed by atoms with Crippen molar-refractivity contribution in [2.24, 2.45) is 0 Å². The van der Waals surface area contributed by atoms with Gasteiger partial charge >= 0.3 is 0 Å². The summed E-state index contributed by atoms with van der Waals surface area (Å²) in [6.45, 7) is 0. The minimum atomic E-state index is 0.597. The number of oxazole rings is 1. The Hall–Kier alpha value is -7.15. The fourth-order valence-corrected chi connectivity index (χ4v) is 9.23. The zero-order valence-electron chi connectivity index (χ0n) is 29.2. The maximum absolute atomic E-state index is 6.60. The average Bonchev–Trinajstić information content (AvgIpc) is 4.02. The minimum absolute atomic E-state index is 0.597. The van der Waals surface area contributed by atoms with Gasteiger partial charge in [-0.05, 0) is 84.4 Å². The maximum Gasteiger partial charge on any atom is 0.227 e. The molecule has 0 unspecified atom stereocenters. The smallest absolute Gasteiger partial charge is 0.227 e. The van der Waals surface area contributed by atoms with Gasteiger partial charge in [0, 0.05) is 70.6 Å². The lowest BCUT2D eigenvalue weighted by molar-refractivity contribution is 0.622. The van der Waals surface area contributed by atoms with Gasteiger partial charge < -0.3 is 18.2 Å². The molecule has 0 radical (unpaired) electrons. The molecule has 4 heterocycles. The number of furan rings is 2. The Morgan fingerprint density at radius 2 is 1.15 bits per heavy atom. The molecule has 0 saturated heterocycles. The van der Waals surface area contributed by atoms with Crippen molar-refractivity contribution >= 4 is 104 Å². The van der Waals surface area contributed by atoms with Crippen molar-refractivity contribution in [3.8, 4) is 22.6 Å². The molecule has 0 fully saturated rings. The molecule has 4 aromatic heterocycles. The Balaban J connectivity index is 0.997. The summed E-state index contributed by atoms with van der Waals surface area (Å²) < 4.78 is 21.9. The summed E-state index contributed by atoms with van der Waals surface area (Å²) in [5.74, 6) is 0.597. The van der Waals surface area contributed by atoms with Gasteiger partial charge in [-0.3, -0.25) is 0 Å². The zero-order valence-corrected chi connectivity index (χ0v) is 30.0. The standard InChI is InChI=1S/C49H28N2O3S/c1-2-9-30(10-3-1)49-50-40-24-25-42-46(48(40)54-49)38-14-8-13-34(47(38)53-42)29-17-19-31(20-18-29)51(32-22-26-45-39(27-32)37-12-5-7-16-44(37)55-45)33-21-23-36-35-11-4-6-15-41(35)52-43(36)28-33/h1-28H. The summed E-state index contributed by atoms with van der Waals surface area (Å²) in [5.41, 5.74) is 11.0. The first-order valence-electron chi connectivity index (χ1n) is 18.3. The van der Waals surface area contributed by atoms with Gasteiger partial charge in [-0.1, -0.05) is 84.9 Å². The first kappa shape index (κ1) is 30.3. The molecular formula is C49H28N2O3S.